The van der Waals surface area contributed by atoms with Crippen molar-refractivity contribution in [3.63, 3.8) is 0 Å². The fourth-order valence-electron chi connectivity index (χ4n) is 4.31. The summed E-state index contributed by atoms with van der Waals surface area (Å²) >= 11 is 5.74. The fraction of sp³-hybridized carbons (Fsp3) is 0.115. The molecule has 1 aliphatic heterocycles. The van der Waals surface area contributed by atoms with Crippen LogP contribution in [0.4, 0.5) is 10.1 Å². The number of methoxy groups -OCH3 is 1. The molecule has 3 heterocycles. The Morgan fingerprint density at radius 3 is 2.59 bits per heavy atom. The topological polar surface area (TPSA) is 59.4 Å². The highest BCUT2D eigenvalue weighted by molar-refractivity contribution is 7.80. The zero-order valence-corrected chi connectivity index (χ0v) is 19.1. The van der Waals surface area contributed by atoms with Crippen LogP contribution in [-0.4, -0.2) is 27.7 Å². The highest BCUT2D eigenvalue weighted by Gasteiger charge is 2.42. The number of esters is 1. The number of thiocarbonyl (C=S) groups is 1. The molecule has 4 aromatic rings. The monoisotopic (exact) mass is 472 g/mol. The Morgan fingerprint density at radius 2 is 1.85 bits per heavy atom. The Bertz CT molecular complexity index is 1340. The van der Waals surface area contributed by atoms with Crippen molar-refractivity contribution in [2.45, 2.75) is 12.1 Å². The number of nitrogens with one attached hydrogen (secondary N) is 1. The van der Waals surface area contributed by atoms with Crippen LogP contribution in [0, 0.1) is 5.82 Å². The average molecular weight is 473 g/mol. The molecule has 0 bridgehead atoms. The van der Waals surface area contributed by atoms with Gasteiger partial charge >= 0.3 is 5.97 Å². The third-order valence-electron chi connectivity index (χ3n) is 5.83. The van der Waals surface area contributed by atoms with Gasteiger partial charge in [0.1, 0.15) is 11.9 Å². The number of nitrogens with zero attached hydrogens (tertiary/aromatic N) is 3. The van der Waals surface area contributed by atoms with Crippen LogP contribution < -0.4 is 10.2 Å². The Labute approximate surface area is 201 Å². The number of halogens is 1. The Morgan fingerprint density at radius 1 is 1.03 bits per heavy atom. The predicted octanol–water partition coefficient (Wildman–Crippen LogP) is 4.98. The molecule has 2 aromatic heterocycles. The standard InChI is InChI=1S/C26H21FN4O2S/c1-33-25(32)17-6-4-7-20(16-17)30-15-5-9-22(30)24-23(21-8-2-3-14-28-21)29-26(34)31(24)19-12-10-18(27)11-13-19/h2-16,23-24H,1H3,(H,29,34)/t23-,24-/m1/s1. The Balaban J connectivity index is 1.65. The minimum atomic E-state index is -0.404. The first-order chi connectivity index (χ1) is 16.6. The van der Waals surface area contributed by atoms with E-state index in [2.05, 4.69) is 10.3 Å². The first kappa shape index (κ1) is 21.8. The first-order valence-corrected chi connectivity index (χ1v) is 11.1. The number of pyridine rings is 1. The van der Waals surface area contributed by atoms with Crippen LogP contribution in [0.5, 0.6) is 0 Å². The Hall–Kier alpha value is -4.04. The summed E-state index contributed by atoms with van der Waals surface area (Å²) in [5.74, 6) is -0.721. The maximum atomic E-state index is 13.7. The lowest BCUT2D eigenvalue weighted by atomic mass is 10.0. The van der Waals surface area contributed by atoms with Crippen molar-refractivity contribution in [3.8, 4) is 5.69 Å². The quantitative estimate of drug-likeness (QED) is 0.327. The summed E-state index contributed by atoms with van der Waals surface area (Å²) in [5, 5.41) is 3.92. The largest absolute Gasteiger partial charge is 0.465 e. The number of anilines is 1. The van der Waals surface area contributed by atoms with Gasteiger partial charge in [0.05, 0.1) is 24.4 Å². The summed E-state index contributed by atoms with van der Waals surface area (Å²) in [5.41, 5.74) is 3.78. The molecular formula is C26H21FN4O2S. The van der Waals surface area contributed by atoms with Crippen molar-refractivity contribution >= 4 is 29.0 Å². The van der Waals surface area contributed by atoms with Crippen LogP contribution >= 0.6 is 12.2 Å². The summed E-state index contributed by atoms with van der Waals surface area (Å²) in [6.45, 7) is 0. The van der Waals surface area contributed by atoms with E-state index in [1.165, 1.54) is 19.2 Å². The second-order valence-electron chi connectivity index (χ2n) is 7.82. The highest BCUT2D eigenvalue weighted by atomic mass is 32.1. The zero-order valence-electron chi connectivity index (χ0n) is 18.3. The lowest BCUT2D eigenvalue weighted by Gasteiger charge is -2.29. The van der Waals surface area contributed by atoms with Crippen LogP contribution in [0.1, 0.15) is 33.8 Å². The molecule has 1 saturated heterocycles. The number of hydrogen-bond acceptors (Lipinski definition) is 4. The van der Waals surface area contributed by atoms with E-state index in [0.717, 1.165) is 22.8 Å². The number of carbonyl (C=O) groups excluding carboxylic acids is 1. The molecule has 0 unspecified atom stereocenters. The third kappa shape index (κ3) is 3.92. The van der Waals surface area contributed by atoms with Crippen LogP contribution in [0.2, 0.25) is 0 Å². The van der Waals surface area contributed by atoms with Crippen molar-refractivity contribution in [2.75, 3.05) is 12.0 Å². The maximum absolute atomic E-state index is 13.7. The minimum Gasteiger partial charge on any atom is -0.465 e. The average Bonchev–Trinajstić information content (AvgIpc) is 3.49. The number of carbonyl (C=O) groups is 1. The summed E-state index contributed by atoms with van der Waals surface area (Å²) in [7, 11) is 1.36. The van der Waals surface area contributed by atoms with Gasteiger partial charge < -0.3 is 19.5 Å². The van der Waals surface area contributed by atoms with E-state index in [9.17, 15) is 9.18 Å². The molecule has 6 nitrogen and oxygen atoms in total. The van der Waals surface area contributed by atoms with Crippen molar-refractivity contribution in [2.24, 2.45) is 0 Å². The van der Waals surface area contributed by atoms with Crippen LogP contribution in [0.25, 0.3) is 5.69 Å². The van der Waals surface area contributed by atoms with Gasteiger partial charge in [-0.2, -0.15) is 0 Å². The molecule has 0 aliphatic carbocycles. The summed E-state index contributed by atoms with van der Waals surface area (Å²) in [4.78, 5) is 18.7. The number of rotatable bonds is 5. The molecule has 5 rings (SSSR count). The van der Waals surface area contributed by atoms with Crippen molar-refractivity contribution < 1.29 is 13.9 Å². The third-order valence-corrected chi connectivity index (χ3v) is 6.15. The lowest BCUT2D eigenvalue weighted by molar-refractivity contribution is 0.0600. The van der Waals surface area contributed by atoms with Gasteiger partial charge in [0, 0.05) is 29.5 Å². The predicted molar refractivity (Wildman–Crippen MR) is 131 cm³/mol. The van der Waals surface area contributed by atoms with Crippen LogP contribution in [0.3, 0.4) is 0 Å². The number of ether oxygens (including phenoxy) is 1. The minimum absolute atomic E-state index is 0.254. The van der Waals surface area contributed by atoms with Gasteiger partial charge in [0.15, 0.2) is 5.11 Å². The molecule has 34 heavy (non-hydrogen) atoms. The van der Waals surface area contributed by atoms with E-state index in [-0.39, 0.29) is 17.9 Å². The van der Waals surface area contributed by atoms with Crippen LogP contribution in [-0.2, 0) is 4.74 Å². The molecule has 1 N–H and O–H groups in total. The van der Waals surface area contributed by atoms with E-state index in [1.807, 2.05) is 58.1 Å². The van der Waals surface area contributed by atoms with E-state index in [4.69, 9.17) is 17.0 Å². The molecule has 2 aromatic carbocycles. The van der Waals surface area contributed by atoms with Gasteiger partial charge in [0.2, 0.25) is 0 Å². The van der Waals surface area contributed by atoms with Gasteiger partial charge in [-0.3, -0.25) is 4.98 Å². The number of aromatic nitrogens is 2. The smallest absolute Gasteiger partial charge is 0.337 e. The molecule has 0 amide bonds. The number of hydrogen-bond donors (Lipinski definition) is 1. The molecular weight excluding hydrogens is 451 g/mol. The van der Waals surface area contributed by atoms with E-state index >= 15 is 0 Å². The van der Waals surface area contributed by atoms with E-state index in [1.54, 1.807) is 30.5 Å². The van der Waals surface area contributed by atoms with Crippen molar-refractivity contribution in [1.29, 1.82) is 0 Å². The van der Waals surface area contributed by atoms with Crippen molar-refractivity contribution in [3.05, 3.63) is 114 Å². The normalized spacial score (nSPS) is 17.5. The molecule has 1 aliphatic rings. The maximum Gasteiger partial charge on any atom is 0.337 e. The van der Waals surface area contributed by atoms with Gasteiger partial charge in [-0.15, -0.1) is 0 Å². The molecule has 0 saturated carbocycles. The molecule has 0 spiro atoms. The fourth-order valence-corrected chi connectivity index (χ4v) is 4.65. The molecule has 170 valence electrons. The second-order valence-corrected chi connectivity index (χ2v) is 8.20. The summed E-state index contributed by atoms with van der Waals surface area (Å²) in [6, 6.07) is 22.7. The zero-order chi connectivity index (χ0) is 23.7. The SMILES string of the molecule is COC(=O)c1cccc(-n2cccc2[C@@H]2[C@@H](c3ccccn3)NC(=S)N2c2ccc(F)cc2)c1. The van der Waals surface area contributed by atoms with Gasteiger partial charge in [-0.05, 0) is 78.9 Å². The van der Waals surface area contributed by atoms with Crippen LogP contribution in [0.15, 0.2) is 91.3 Å². The summed E-state index contributed by atoms with van der Waals surface area (Å²) < 4.78 is 20.6. The lowest BCUT2D eigenvalue weighted by Crippen LogP contribution is -2.30. The first-order valence-electron chi connectivity index (χ1n) is 10.7. The Kier molecular flexibility index (Phi) is 5.81. The highest BCUT2D eigenvalue weighted by Crippen LogP contribution is 2.42. The number of benzene rings is 2. The molecule has 8 heteroatoms. The second kappa shape index (κ2) is 9.07. The molecule has 0 radical (unpaired) electrons. The molecule has 1 fully saturated rings. The van der Waals surface area contributed by atoms with E-state index in [0.29, 0.717) is 10.7 Å². The van der Waals surface area contributed by atoms with Gasteiger partial charge in [0.25, 0.3) is 0 Å². The molecule has 2 atom stereocenters. The van der Waals surface area contributed by atoms with E-state index < -0.39 is 5.97 Å². The van der Waals surface area contributed by atoms with Gasteiger partial charge in [-0.25, -0.2) is 9.18 Å². The summed E-state index contributed by atoms with van der Waals surface area (Å²) in [6.07, 6.45) is 3.68. The van der Waals surface area contributed by atoms with Gasteiger partial charge in [-0.1, -0.05) is 12.1 Å². The van der Waals surface area contributed by atoms with Crippen molar-refractivity contribution in [1.82, 2.24) is 14.9 Å².